The van der Waals surface area contributed by atoms with Crippen LogP contribution in [0.4, 0.5) is 0 Å². The molecule has 2 aliphatic carbocycles. The zero-order valence-corrected chi connectivity index (χ0v) is 13.6. The molecular weight excluding hydrogens is 278 g/mol. The van der Waals surface area contributed by atoms with Gasteiger partial charge in [-0.2, -0.15) is 10.5 Å². The molecule has 5 nitrogen and oxygen atoms in total. The predicted molar refractivity (Wildman–Crippen MR) is 80.2 cm³/mol. The molecular formula is C17H23N3O2. The normalized spacial score (nSPS) is 31.6. The van der Waals surface area contributed by atoms with Crippen LogP contribution in [-0.2, 0) is 9.59 Å². The minimum atomic E-state index is -0.663. The largest absolute Gasteiger partial charge is 0.340 e. The third kappa shape index (κ3) is 1.96. The Balaban J connectivity index is 2.32. The molecule has 0 N–H and O–H groups in total. The molecule has 0 radical (unpaired) electrons. The Morgan fingerprint density at radius 1 is 1.14 bits per heavy atom. The number of nitrogens with zero attached hydrogens (tertiary/aromatic N) is 3. The number of fused-ring (bicyclic) bond motifs is 2. The second-order valence-corrected chi connectivity index (χ2v) is 7.25. The number of Topliss-reactive ketones (excluding diaryl/α,β-unsaturated/α-hetero) is 1. The smallest absolute Gasteiger partial charge is 0.229 e. The molecule has 118 valence electrons. The highest BCUT2D eigenvalue weighted by atomic mass is 16.2. The zero-order valence-electron chi connectivity index (χ0n) is 13.6. The number of hydrogen-bond acceptors (Lipinski definition) is 4. The Labute approximate surface area is 131 Å². The van der Waals surface area contributed by atoms with Crippen molar-refractivity contribution in [2.45, 2.75) is 52.9 Å². The summed E-state index contributed by atoms with van der Waals surface area (Å²) in [5.74, 6) is 0.134. The maximum absolute atomic E-state index is 13.2. The first-order valence-electron chi connectivity index (χ1n) is 7.83. The summed E-state index contributed by atoms with van der Waals surface area (Å²) in [6.45, 7) is 6.69. The molecule has 5 heteroatoms. The Morgan fingerprint density at radius 2 is 1.68 bits per heavy atom. The predicted octanol–water partition coefficient (Wildman–Crippen LogP) is 2.43. The Bertz CT molecular complexity index is 566. The number of carbonyl (C=O) groups is 2. The van der Waals surface area contributed by atoms with E-state index in [1.165, 1.54) is 0 Å². The van der Waals surface area contributed by atoms with Gasteiger partial charge in [-0.15, -0.1) is 0 Å². The monoisotopic (exact) mass is 301 g/mol. The van der Waals surface area contributed by atoms with Crippen LogP contribution in [0, 0.1) is 38.9 Å². The third-order valence-electron chi connectivity index (χ3n) is 6.39. The molecule has 2 fully saturated rings. The van der Waals surface area contributed by atoms with E-state index >= 15 is 0 Å². The van der Waals surface area contributed by atoms with Gasteiger partial charge >= 0.3 is 0 Å². The molecule has 0 aromatic heterocycles. The van der Waals surface area contributed by atoms with Crippen molar-refractivity contribution < 1.29 is 9.59 Å². The number of rotatable bonds is 5. The molecule has 0 aromatic rings. The van der Waals surface area contributed by atoms with Crippen LogP contribution in [0.1, 0.15) is 52.9 Å². The maximum atomic E-state index is 13.2. The summed E-state index contributed by atoms with van der Waals surface area (Å²) in [5, 5.41) is 17.6. The summed E-state index contributed by atoms with van der Waals surface area (Å²) >= 11 is 0. The van der Waals surface area contributed by atoms with E-state index in [9.17, 15) is 9.59 Å². The molecule has 1 amide bonds. The van der Waals surface area contributed by atoms with Crippen LogP contribution < -0.4 is 0 Å². The van der Waals surface area contributed by atoms with Gasteiger partial charge in [-0.1, -0.05) is 20.8 Å². The van der Waals surface area contributed by atoms with Crippen molar-refractivity contribution in [2.75, 3.05) is 13.1 Å². The first kappa shape index (κ1) is 16.5. The molecule has 0 spiro atoms. The molecule has 0 aromatic carbocycles. The lowest BCUT2D eigenvalue weighted by Gasteiger charge is -2.41. The quantitative estimate of drug-likeness (QED) is 0.780. The molecule has 0 saturated heterocycles. The number of ketones is 1. The lowest BCUT2D eigenvalue weighted by Crippen LogP contribution is -2.49. The van der Waals surface area contributed by atoms with E-state index in [-0.39, 0.29) is 29.9 Å². The van der Waals surface area contributed by atoms with Crippen LogP contribution >= 0.6 is 0 Å². The molecule has 2 saturated carbocycles. The fourth-order valence-electron chi connectivity index (χ4n) is 4.32. The summed E-state index contributed by atoms with van der Waals surface area (Å²) in [4.78, 5) is 27.3. The summed E-state index contributed by atoms with van der Waals surface area (Å²) in [5.41, 5.74) is -1.48. The second-order valence-electron chi connectivity index (χ2n) is 7.25. The first-order chi connectivity index (χ1) is 10.3. The number of hydrogen-bond donors (Lipinski definition) is 0. The van der Waals surface area contributed by atoms with Gasteiger partial charge in [0.2, 0.25) is 5.91 Å². The van der Waals surface area contributed by atoms with Gasteiger partial charge < -0.3 is 4.90 Å². The van der Waals surface area contributed by atoms with Gasteiger partial charge in [0.1, 0.15) is 5.78 Å². The van der Waals surface area contributed by atoms with Crippen molar-refractivity contribution in [1.29, 1.82) is 10.5 Å². The van der Waals surface area contributed by atoms with E-state index < -0.39 is 10.8 Å². The molecule has 0 aliphatic heterocycles. The van der Waals surface area contributed by atoms with Gasteiger partial charge in [-0.05, 0) is 18.3 Å². The van der Waals surface area contributed by atoms with Gasteiger partial charge in [-0.3, -0.25) is 9.59 Å². The van der Waals surface area contributed by atoms with E-state index in [1.807, 2.05) is 20.8 Å². The standard InChI is InChI=1S/C17H23N3O2/c1-15(2)16(3)6-7-17(15,12-13(16)21)14(22)20(10-4-8-18)11-5-9-19/h4-7,10-12H2,1-3H3/t16-,17-/m0/s1. The van der Waals surface area contributed by atoms with Crippen LogP contribution in [0.2, 0.25) is 0 Å². The van der Waals surface area contributed by atoms with Crippen LogP contribution in [0.25, 0.3) is 0 Å². The summed E-state index contributed by atoms with van der Waals surface area (Å²) in [7, 11) is 0. The van der Waals surface area contributed by atoms with E-state index in [1.54, 1.807) is 4.90 Å². The topological polar surface area (TPSA) is 85.0 Å². The van der Waals surface area contributed by atoms with Crippen molar-refractivity contribution in [3.63, 3.8) is 0 Å². The van der Waals surface area contributed by atoms with Gasteiger partial charge in [0.05, 0.1) is 30.4 Å². The minimum Gasteiger partial charge on any atom is -0.340 e. The highest BCUT2D eigenvalue weighted by molar-refractivity contribution is 5.99. The van der Waals surface area contributed by atoms with Crippen LogP contribution in [0.5, 0.6) is 0 Å². The van der Waals surface area contributed by atoms with Crippen LogP contribution in [0.3, 0.4) is 0 Å². The first-order valence-corrected chi connectivity index (χ1v) is 7.83. The van der Waals surface area contributed by atoms with E-state index in [2.05, 4.69) is 12.1 Å². The van der Waals surface area contributed by atoms with Gasteiger partial charge in [0.25, 0.3) is 0 Å². The lowest BCUT2D eigenvalue weighted by molar-refractivity contribution is -0.147. The Kier molecular flexibility index (Phi) is 4.04. The molecule has 2 aliphatic rings. The number of carbonyl (C=O) groups excluding carboxylic acids is 2. The van der Waals surface area contributed by atoms with Crippen molar-refractivity contribution in [3.8, 4) is 12.1 Å². The molecule has 2 rings (SSSR count). The summed E-state index contributed by atoms with van der Waals surface area (Å²) in [6, 6.07) is 4.11. The Hall–Kier alpha value is -1.88. The third-order valence-corrected chi connectivity index (χ3v) is 6.39. The van der Waals surface area contributed by atoms with Crippen molar-refractivity contribution >= 4 is 11.7 Å². The van der Waals surface area contributed by atoms with Gasteiger partial charge in [0, 0.05) is 24.9 Å². The SMILES string of the molecule is CC1(C)[C@@]2(C(=O)N(CCC#N)CCC#N)CC[C@@]1(C)C(=O)C2. The average molecular weight is 301 g/mol. The summed E-state index contributed by atoms with van der Waals surface area (Å²) in [6.07, 6.45) is 2.26. The highest BCUT2D eigenvalue weighted by Crippen LogP contribution is 2.70. The average Bonchev–Trinajstić information content (AvgIpc) is 2.77. The van der Waals surface area contributed by atoms with Gasteiger partial charge in [0.15, 0.2) is 0 Å². The summed E-state index contributed by atoms with van der Waals surface area (Å²) < 4.78 is 0. The van der Waals surface area contributed by atoms with E-state index in [4.69, 9.17) is 10.5 Å². The Morgan fingerprint density at radius 3 is 2.05 bits per heavy atom. The number of amides is 1. The van der Waals surface area contributed by atoms with E-state index in [0.717, 1.165) is 12.8 Å². The molecule has 2 bridgehead atoms. The second kappa shape index (κ2) is 5.39. The highest BCUT2D eigenvalue weighted by Gasteiger charge is 2.72. The van der Waals surface area contributed by atoms with Crippen molar-refractivity contribution in [2.24, 2.45) is 16.2 Å². The maximum Gasteiger partial charge on any atom is 0.229 e. The van der Waals surface area contributed by atoms with E-state index in [0.29, 0.717) is 19.5 Å². The molecule has 2 atom stereocenters. The minimum absolute atomic E-state index is 0.0439. The lowest BCUT2D eigenvalue weighted by atomic mass is 9.64. The molecule has 22 heavy (non-hydrogen) atoms. The van der Waals surface area contributed by atoms with Crippen LogP contribution in [0.15, 0.2) is 0 Å². The van der Waals surface area contributed by atoms with Gasteiger partial charge in [-0.25, -0.2) is 0 Å². The fourth-order valence-corrected chi connectivity index (χ4v) is 4.32. The van der Waals surface area contributed by atoms with Crippen molar-refractivity contribution in [1.82, 2.24) is 4.90 Å². The van der Waals surface area contributed by atoms with Crippen molar-refractivity contribution in [3.05, 3.63) is 0 Å². The number of nitriles is 2. The zero-order chi connectivity index (χ0) is 16.6. The van der Waals surface area contributed by atoms with Crippen LogP contribution in [-0.4, -0.2) is 29.7 Å². The fraction of sp³-hybridized carbons (Fsp3) is 0.765. The molecule has 0 heterocycles. The molecule has 0 unspecified atom stereocenters.